The number of fused-ring (bicyclic) bond motifs is 1. The Balaban J connectivity index is 1.26. The number of carbonyl (C=O) groups excluding carboxylic acids is 2. The van der Waals surface area contributed by atoms with Gasteiger partial charge in [-0.25, -0.2) is 0 Å². The average Bonchev–Trinajstić information content (AvgIpc) is 3.17. The van der Waals surface area contributed by atoms with Crippen LogP contribution in [-0.2, 0) is 22.6 Å². The summed E-state index contributed by atoms with van der Waals surface area (Å²) in [5.74, 6) is 0.238. The summed E-state index contributed by atoms with van der Waals surface area (Å²) in [7, 11) is 0. The molecule has 41 heavy (non-hydrogen) atoms. The normalized spacial score (nSPS) is 20.9. The van der Waals surface area contributed by atoms with Crippen LogP contribution in [0.5, 0.6) is 0 Å². The van der Waals surface area contributed by atoms with E-state index in [-0.39, 0.29) is 35.9 Å². The highest BCUT2D eigenvalue weighted by Crippen LogP contribution is 2.27. The van der Waals surface area contributed by atoms with Gasteiger partial charge in [0.25, 0.3) is 0 Å². The molecule has 7 heteroatoms. The van der Waals surface area contributed by atoms with Crippen molar-refractivity contribution in [1.82, 2.24) is 20.9 Å². The molecule has 0 unspecified atom stereocenters. The van der Waals surface area contributed by atoms with Crippen LogP contribution in [0.4, 0.5) is 0 Å². The molecule has 1 saturated heterocycles. The third-order valence-electron chi connectivity index (χ3n) is 8.47. The summed E-state index contributed by atoms with van der Waals surface area (Å²) in [4.78, 5) is 29.1. The van der Waals surface area contributed by atoms with Gasteiger partial charge in [-0.1, -0.05) is 91.3 Å². The van der Waals surface area contributed by atoms with Crippen molar-refractivity contribution in [2.75, 3.05) is 26.2 Å². The molecular formula is C34H43N5O2. The van der Waals surface area contributed by atoms with Crippen molar-refractivity contribution in [3.05, 3.63) is 107 Å². The molecule has 2 aliphatic heterocycles. The molecule has 0 saturated carbocycles. The highest BCUT2D eigenvalue weighted by atomic mass is 16.2. The Morgan fingerprint density at radius 2 is 1.59 bits per heavy atom. The van der Waals surface area contributed by atoms with Gasteiger partial charge >= 0.3 is 0 Å². The van der Waals surface area contributed by atoms with Gasteiger partial charge in [0.05, 0.1) is 12.1 Å². The molecule has 0 radical (unpaired) electrons. The molecule has 3 aromatic carbocycles. The highest BCUT2D eigenvalue weighted by Gasteiger charge is 2.33. The Kier molecular flexibility index (Phi) is 10.2. The van der Waals surface area contributed by atoms with Gasteiger partial charge in [-0.3, -0.25) is 9.59 Å². The molecule has 5 rings (SSSR count). The Hall–Kier alpha value is -3.52. The average molecular weight is 554 g/mol. The number of nitrogens with zero attached hydrogens (tertiary/aromatic N) is 1. The van der Waals surface area contributed by atoms with Crippen LogP contribution in [0.15, 0.2) is 84.9 Å². The summed E-state index contributed by atoms with van der Waals surface area (Å²) in [5.41, 5.74) is 10.7. The van der Waals surface area contributed by atoms with E-state index in [1.54, 1.807) is 0 Å². The maximum atomic E-state index is 13.9. The van der Waals surface area contributed by atoms with Crippen LogP contribution in [0.1, 0.15) is 53.9 Å². The summed E-state index contributed by atoms with van der Waals surface area (Å²) < 4.78 is 0. The van der Waals surface area contributed by atoms with E-state index in [9.17, 15) is 9.59 Å². The first-order chi connectivity index (χ1) is 20.1. The quantitative estimate of drug-likeness (QED) is 0.273. The molecule has 0 spiro atoms. The second kappa shape index (κ2) is 14.4. The first kappa shape index (κ1) is 29.0. The van der Waals surface area contributed by atoms with Crippen LogP contribution in [0.2, 0.25) is 0 Å². The van der Waals surface area contributed by atoms with E-state index in [2.05, 4.69) is 76.6 Å². The summed E-state index contributed by atoms with van der Waals surface area (Å²) in [5, 5.41) is 10.2. The highest BCUT2D eigenvalue weighted by molar-refractivity contribution is 5.83. The van der Waals surface area contributed by atoms with Gasteiger partial charge in [0, 0.05) is 38.1 Å². The first-order valence-electron chi connectivity index (χ1n) is 15.0. The van der Waals surface area contributed by atoms with Crippen molar-refractivity contribution in [2.24, 2.45) is 5.73 Å². The lowest BCUT2D eigenvalue weighted by atomic mass is 9.90. The van der Waals surface area contributed by atoms with Crippen molar-refractivity contribution in [2.45, 2.75) is 62.7 Å². The fourth-order valence-electron chi connectivity index (χ4n) is 6.10. The lowest BCUT2D eigenvalue weighted by Crippen LogP contribution is -2.52. The minimum Gasteiger partial charge on any atom is -0.353 e. The Bertz CT molecular complexity index is 1230. The van der Waals surface area contributed by atoms with Crippen molar-refractivity contribution < 1.29 is 9.59 Å². The first-order valence-corrected chi connectivity index (χ1v) is 15.0. The zero-order chi connectivity index (χ0) is 28.4. The minimum absolute atomic E-state index is 0.0125. The fraction of sp³-hybridized carbons (Fsp3) is 0.412. The van der Waals surface area contributed by atoms with Crippen molar-refractivity contribution in [3.63, 3.8) is 0 Å². The fourth-order valence-corrected chi connectivity index (χ4v) is 6.10. The summed E-state index contributed by atoms with van der Waals surface area (Å²) >= 11 is 0. The van der Waals surface area contributed by atoms with E-state index in [0.717, 1.165) is 25.7 Å². The molecule has 0 aliphatic carbocycles. The van der Waals surface area contributed by atoms with E-state index in [4.69, 9.17) is 5.73 Å². The number of nitrogens with one attached hydrogen (secondary N) is 3. The van der Waals surface area contributed by atoms with Gasteiger partial charge < -0.3 is 26.6 Å². The van der Waals surface area contributed by atoms with Crippen LogP contribution < -0.4 is 21.7 Å². The summed E-state index contributed by atoms with van der Waals surface area (Å²) in [6, 6.07) is 28.6. The maximum Gasteiger partial charge on any atom is 0.239 e. The molecule has 0 aromatic heterocycles. The van der Waals surface area contributed by atoms with E-state index in [1.807, 2.05) is 29.2 Å². The van der Waals surface area contributed by atoms with Crippen LogP contribution in [0, 0.1) is 0 Å². The number of carbonyl (C=O) groups is 2. The van der Waals surface area contributed by atoms with Crippen molar-refractivity contribution in [1.29, 1.82) is 0 Å². The van der Waals surface area contributed by atoms with Gasteiger partial charge in [0.1, 0.15) is 0 Å². The van der Waals surface area contributed by atoms with Crippen LogP contribution in [0.25, 0.3) is 0 Å². The maximum absolute atomic E-state index is 13.9. The molecule has 5 N–H and O–H groups in total. The van der Waals surface area contributed by atoms with Gasteiger partial charge in [-0.15, -0.1) is 0 Å². The van der Waals surface area contributed by atoms with Crippen molar-refractivity contribution >= 4 is 11.8 Å². The van der Waals surface area contributed by atoms with E-state index >= 15 is 0 Å². The van der Waals surface area contributed by atoms with E-state index in [1.165, 1.54) is 22.3 Å². The predicted molar refractivity (Wildman–Crippen MR) is 163 cm³/mol. The Morgan fingerprint density at radius 1 is 0.927 bits per heavy atom. The number of hydrogen-bond donors (Lipinski definition) is 4. The number of rotatable bonds is 11. The molecule has 2 amide bonds. The van der Waals surface area contributed by atoms with E-state index < -0.39 is 0 Å². The van der Waals surface area contributed by atoms with E-state index in [0.29, 0.717) is 39.1 Å². The molecule has 216 valence electrons. The molecule has 3 aromatic rings. The van der Waals surface area contributed by atoms with Gasteiger partial charge in [0.15, 0.2) is 0 Å². The number of amides is 2. The Labute approximate surface area is 243 Å². The zero-order valence-electron chi connectivity index (χ0n) is 23.8. The molecular weight excluding hydrogens is 510 g/mol. The van der Waals surface area contributed by atoms with Gasteiger partial charge in [-0.2, -0.15) is 0 Å². The molecule has 0 bridgehead atoms. The summed E-state index contributed by atoms with van der Waals surface area (Å²) in [6.45, 7) is 3.07. The molecule has 2 aliphatic rings. The monoisotopic (exact) mass is 553 g/mol. The number of nitrogens with two attached hydrogens (primary N) is 1. The smallest absolute Gasteiger partial charge is 0.239 e. The molecule has 7 nitrogen and oxygen atoms in total. The SMILES string of the molecule is NCCCC[C@@H]1N[C@H](CNC(=O)[C@H]2Cc3ccccc3CN2)CCN(CC(c2ccccc2)c2ccccc2)C1=O. The second-order valence-corrected chi connectivity index (χ2v) is 11.3. The zero-order valence-corrected chi connectivity index (χ0v) is 23.8. The number of unbranched alkanes of at least 4 members (excludes halogenated alkanes) is 1. The lowest BCUT2D eigenvalue weighted by molar-refractivity contribution is -0.133. The third kappa shape index (κ3) is 7.61. The second-order valence-electron chi connectivity index (χ2n) is 11.3. The van der Waals surface area contributed by atoms with Crippen LogP contribution in [0.3, 0.4) is 0 Å². The van der Waals surface area contributed by atoms with Crippen LogP contribution in [-0.4, -0.2) is 61.0 Å². The van der Waals surface area contributed by atoms with Crippen molar-refractivity contribution in [3.8, 4) is 0 Å². The standard InChI is InChI=1S/C34H43N5O2/c35-19-10-9-17-31-34(41)39(24-30(25-11-3-1-4-12-25)26-13-5-2-6-14-26)20-18-29(38-31)23-37-33(40)32-21-27-15-7-8-16-28(27)22-36-32/h1-8,11-16,29-32,36,38H,9-10,17-24,35H2,(H,37,40)/t29-,31-,32+/m0/s1. The van der Waals surface area contributed by atoms with Crippen LogP contribution >= 0.6 is 0 Å². The Morgan fingerprint density at radius 3 is 2.27 bits per heavy atom. The van der Waals surface area contributed by atoms with Gasteiger partial charge in [-0.05, 0) is 54.5 Å². The third-order valence-corrected chi connectivity index (χ3v) is 8.47. The largest absolute Gasteiger partial charge is 0.353 e. The molecule has 3 atom stereocenters. The number of hydrogen-bond acceptors (Lipinski definition) is 5. The summed E-state index contributed by atoms with van der Waals surface area (Å²) in [6.07, 6.45) is 3.97. The lowest BCUT2D eigenvalue weighted by Gasteiger charge is -2.29. The predicted octanol–water partition coefficient (Wildman–Crippen LogP) is 3.34. The molecule has 2 heterocycles. The molecule has 1 fully saturated rings. The topological polar surface area (TPSA) is 99.5 Å². The minimum atomic E-state index is -0.294. The number of benzene rings is 3. The van der Waals surface area contributed by atoms with Gasteiger partial charge in [0.2, 0.25) is 11.8 Å².